The van der Waals surface area contributed by atoms with Gasteiger partial charge in [-0.05, 0) is 91.6 Å². The van der Waals surface area contributed by atoms with E-state index in [2.05, 4.69) is 118 Å². The van der Waals surface area contributed by atoms with E-state index in [4.69, 9.17) is 4.74 Å². The van der Waals surface area contributed by atoms with Crippen LogP contribution in [0.25, 0.3) is 0 Å². The zero-order valence-corrected chi connectivity index (χ0v) is 19.7. The third kappa shape index (κ3) is 4.43. The monoisotopic (exact) mass is 425 g/mol. The van der Waals surface area contributed by atoms with E-state index in [1.165, 1.54) is 38.2 Å². The molecule has 0 saturated carbocycles. The van der Waals surface area contributed by atoms with Crippen molar-refractivity contribution in [2.75, 3.05) is 7.11 Å². The Morgan fingerprint density at radius 3 is 1.35 bits per heavy atom. The minimum absolute atomic E-state index is 0.898. The first-order valence-electron chi connectivity index (χ1n) is 10.7. The topological polar surface area (TPSA) is 9.23 Å². The van der Waals surface area contributed by atoms with Gasteiger partial charge in [-0.25, -0.2) is 0 Å². The molecule has 0 radical (unpaired) electrons. The molecule has 0 atom stereocenters. The summed E-state index contributed by atoms with van der Waals surface area (Å²) in [7, 11) is -0.200. The molecule has 4 aromatic rings. The second-order valence-corrected chi connectivity index (χ2v) is 11.8. The maximum Gasteiger partial charge on any atom is 0.118 e. The van der Waals surface area contributed by atoms with Gasteiger partial charge in [0.1, 0.15) is 28.9 Å². The summed E-state index contributed by atoms with van der Waals surface area (Å²) in [6, 6.07) is 35.9. The molecule has 31 heavy (non-hydrogen) atoms. The molecule has 0 heterocycles. The van der Waals surface area contributed by atoms with E-state index in [1.807, 2.05) is 0 Å². The van der Waals surface area contributed by atoms with Crippen LogP contribution in [0, 0.1) is 20.8 Å². The predicted octanol–water partition coefficient (Wildman–Crippen LogP) is 6.11. The first kappa shape index (κ1) is 21.3. The lowest BCUT2D eigenvalue weighted by molar-refractivity contribution is 0.414. The summed E-state index contributed by atoms with van der Waals surface area (Å²) < 4.78 is 5.41. The first-order chi connectivity index (χ1) is 15.0. The molecule has 0 aliphatic heterocycles. The van der Waals surface area contributed by atoms with Gasteiger partial charge in [0.15, 0.2) is 0 Å². The van der Waals surface area contributed by atoms with Crippen molar-refractivity contribution in [2.24, 2.45) is 0 Å². The van der Waals surface area contributed by atoms with Crippen LogP contribution in [0.5, 0.6) is 5.75 Å². The molecule has 0 N–H and O–H groups in total. The van der Waals surface area contributed by atoms with Gasteiger partial charge in [0, 0.05) is 0 Å². The lowest BCUT2D eigenvalue weighted by Gasteiger charge is -2.28. The zero-order chi connectivity index (χ0) is 21.8. The van der Waals surface area contributed by atoms with Crippen LogP contribution in [-0.2, 0) is 6.16 Å². The normalized spacial score (nSPS) is 11.4. The number of hydrogen-bond donors (Lipinski definition) is 0. The second kappa shape index (κ2) is 9.08. The van der Waals surface area contributed by atoms with Gasteiger partial charge in [-0.1, -0.05) is 48.5 Å². The Morgan fingerprint density at radius 2 is 1.00 bits per heavy atom. The van der Waals surface area contributed by atoms with Crippen LogP contribution in [0.2, 0.25) is 0 Å². The summed E-state index contributed by atoms with van der Waals surface area (Å²) in [6.45, 7) is 6.58. The van der Waals surface area contributed by atoms with Crippen LogP contribution in [0.15, 0.2) is 97.1 Å². The van der Waals surface area contributed by atoms with Gasteiger partial charge in [0.05, 0.1) is 13.3 Å². The highest BCUT2D eigenvalue weighted by Gasteiger charge is 2.45. The van der Waals surface area contributed by atoms with Crippen LogP contribution < -0.4 is 20.7 Å². The number of ether oxygens (including phenoxy) is 1. The molecule has 0 aliphatic rings. The van der Waals surface area contributed by atoms with Crippen molar-refractivity contribution in [1.29, 1.82) is 0 Å². The smallest absolute Gasteiger partial charge is 0.118 e. The summed E-state index contributed by atoms with van der Waals surface area (Å²) in [5.74, 6) is 0.898. The van der Waals surface area contributed by atoms with E-state index in [-0.39, 0.29) is 0 Å². The molecule has 0 spiro atoms. The van der Waals surface area contributed by atoms with Gasteiger partial charge in [-0.15, -0.1) is 0 Å². The highest BCUT2D eigenvalue weighted by molar-refractivity contribution is 7.95. The van der Waals surface area contributed by atoms with E-state index in [1.54, 1.807) is 7.11 Å². The molecule has 4 aromatic carbocycles. The Kier molecular flexibility index (Phi) is 6.25. The van der Waals surface area contributed by atoms with Crippen molar-refractivity contribution >= 4 is 23.2 Å². The summed E-state index contributed by atoms with van der Waals surface area (Å²) in [6.07, 6.45) is 0.980. The third-order valence-corrected chi connectivity index (χ3v) is 10.2. The Bertz CT molecular complexity index is 1070. The fraction of sp³-hybridized carbons (Fsp3) is 0.172. The molecule has 0 unspecified atom stereocenters. The molecule has 0 fully saturated rings. The molecule has 0 amide bonds. The second-order valence-electron chi connectivity index (χ2n) is 8.33. The van der Waals surface area contributed by atoms with Gasteiger partial charge in [-0.2, -0.15) is 0 Å². The summed E-state index contributed by atoms with van der Waals surface area (Å²) in [4.78, 5) is 0. The summed E-state index contributed by atoms with van der Waals surface area (Å²) >= 11 is 0. The van der Waals surface area contributed by atoms with Crippen molar-refractivity contribution in [3.05, 3.63) is 119 Å². The summed E-state index contributed by atoms with van der Waals surface area (Å²) in [5.41, 5.74) is 5.24. The van der Waals surface area contributed by atoms with Gasteiger partial charge >= 0.3 is 0 Å². The average molecular weight is 426 g/mol. The molecule has 4 rings (SSSR count). The van der Waals surface area contributed by atoms with Crippen molar-refractivity contribution in [1.82, 2.24) is 0 Å². The van der Waals surface area contributed by atoms with Gasteiger partial charge < -0.3 is 4.74 Å². The van der Waals surface area contributed by atoms with Crippen molar-refractivity contribution < 1.29 is 4.74 Å². The average Bonchev–Trinajstić information content (AvgIpc) is 2.78. The minimum Gasteiger partial charge on any atom is -0.497 e. The highest BCUT2D eigenvalue weighted by Crippen LogP contribution is 2.58. The molecule has 0 bridgehead atoms. The molecular weight excluding hydrogens is 395 g/mol. The van der Waals surface area contributed by atoms with E-state index < -0.39 is 7.26 Å². The van der Waals surface area contributed by atoms with E-state index in [9.17, 15) is 0 Å². The first-order valence-corrected chi connectivity index (χ1v) is 12.7. The lowest BCUT2D eigenvalue weighted by atomic mass is 10.2. The molecule has 1 nitrogen and oxygen atoms in total. The minimum atomic E-state index is -1.92. The zero-order valence-electron chi connectivity index (χ0n) is 18.8. The maximum atomic E-state index is 5.41. The van der Waals surface area contributed by atoms with Crippen LogP contribution in [0.3, 0.4) is 0 Å². The molecule has 156 valence electrons. The Hall–Kier alpha value is -2.89. The number of hydrogen-bond acceptors (Lipinski definition) is 1. The van der Waals surface area contributed by atoms with Crippen LogP contribution in [-0.4, -0.2) is 7.11 Å². The third-order valence-electron chi connectivity index (χ3n) is 5.91. The van der Waals surface area contributed by atoms with Gasteiger partial charge in [-0.3, -0.25) is 0 Å². The Morgan fingerprint density at radius 1 is 0.581 bits per heavy atom. The lowest BCUT2D eigenvalue weighted by Crippen LogP contribution is -2.33. The Balaban J connectivity index is 2.02. The molecule has 0 aliphatic carbocycles. The summed E-state index contributed by atoms with van der Waals surface area (Å²) in [5, 5.41) is 4.29. The Labute approximate surface area is 187 Å². The predicted molar refractivity (Wildman–Crippen MR) is 136 cm³/mol. The van der Waals surface area contributed by atoms with Crippen LogP contribution in [0.4, 0.5) is 0 Å². The maximum absolute atomic E-state index is 5.41. The van der Waals surface area contributed by atoms with Gasteiger partial charge in [0.2, 0.25) is 0 Å². The standard InChI is InChI=1S/C29H30OP/c1-22-8-5-11-27(18-22)31(28-12-6-9-23(2)19-28,29-13-7-10-24(3)20-29)21-25-14-16-26(30-4)17-15-25/h5-20H,21H2,1-4H3/q+1. The van der Waals surface area contributed by atoms with Crippen molar-refractivity contribution in [2.45, 2.75) is 26.9 Å². The molecule has 0 aromatic heterocycles. The highest BCUT2D eigenvalue weighted by atomic mass is 31.2. The fourth-order valence-electron chi connectivity index (χ4n) is 4.32. The molecule has 2 heteroatoms. The van der Waals surface area contributed by atoms with E-state index in [0.29, 0.717) is 0 Å². The fourth-order valence-corrected chi connectivity index (χ4v) is 8.82. The van der Waals surface area contributed by atoms with E-state index in [0.717, 1.165) is 11.9 Å². The molecular formula is C29H30OP+. The largest absolute Gasteiger partial charge is 0.497 e. The number of methoxy groups -OCH3 is 1. The quantitative estimate of drug-likeness (QED) is 0.339. The SMILES string of the molecule is COc1ccc(C[P+](c2cccc(C)c2)(c2cccc(C)c2)c2cccc(C)c2)cc1. The van der Waals surface area contributed by atoms with E-state index >= 15 is 0 Å². The van der Waals surface area contributed by atoms with Crippen molar-refractivity contribution in [3.63, 3.8) is 0 Å². The number of benzene rings is 4. The number of aryl methyl sites for hydroxylation is 3. The molecule has 0 saturated heterocycles. The van der Waals surface area contributed by atoms with Gasteiger partial charge in [0.25, 0.3) is 0 Å². The number of rotatable bonds is 6. The van der Waals surface area contributed by atoms with Crippen LogP contribution >= 0.6 is 7.26 Å². The van der Waals surface area contributed by atoms with Crippen LogP contribution in [0.1, 0.15) is 22.3 Å². The van der Waals surface area contributed by atoms with Crippen molar-refractivity contribution in [3.8, 4) is 5.75 Å².